The molecule has 1 atom stereocenters. The highest BCUT2D eigenvalue weighted by molar-refractivity contribution is 5.36. The van der Waals surface area contributed by atoms with Crippen LogP contribution in [0.15, 0.2) is 18.5 Å². The first-order valence-electron chi connectivity index (χ1n) is 5.13. The first-order valence-corrected chi connectivity index (χ1v) is 5.13. The van der Waals surface area contributed by atoms with E-state index in [4.69, 9.17) is 4.74 Å². The van der Waals surface area contributed by atoms with Crippen LogP contribution in [-0.4, -0.2) is 21.3 Å². The zero-order valence-electron chi connectivity index (χ0n) is 9.00. The molecule has 1 unspecified atom stereocenters. The highest BCUT2D eigenvalue weighted by Crippen LogP contribution is 2.30. The predicted octanol–water partition coefficient (Wildman–Crippen LogP) is 1.74. The molecule has 0 amide bonds. The predicted molar refractivity (Wildman–Crippen MR) is 56.9 cm³/mol. The molecule has 1 aliphatic rings. The van der Waals surface area contributed by atoms with Crippen molar-refractivity contribution < 1.29 is 9.66 Å². The van der Waals surface area contributed by atoms with Gasteiger partial charge in [-0.3, -0.25) is 14.8 Å². The molecule has 86 valence electrons. The van der Waals surface area contributed by atoms with Crippen LogP contribution in [0.2, 0.25) is 0 Å². The second-order valence-corrected chi connectivity index (χ2v) is 3.78. The van der Waals surface area contributed by atoms with Gasteiger partial charge in [0.15, 0.2) is 0 Å². The third kappa shape index (κ3) is 1.91. The van der Waals surface area contributed by atoms with Gasteiger partial charge in [-0.15, -0.1) is 0 Å². The van der Waals surface area contributed by atoms with E-state index in [0.29, 0.717) is 12.3 Å². The number of nitrogens with zero attached hydrogens (tertiary/aromatic N) is 3. The monoisotopic (exact) mass is 223 g/mol. The van der Waals surface area contributed by atoms with E-state index < -0.39 is 0 Å². The Labute approximate surface area is 92.7 Å². The van der Waals surface area contributed by atoms with Gasteiger partial charge < -0.3 is 4.74 Å². The maximum Gasteiger partial charge on any atom is 0.310 e. The number of nitro groups is 1. The quantitative estimate of drug-likeness (QED) is 0.565. The Bertz CT molecular complexity index is 415. The van der Waals surface area contributed by atoms with Crippen LogP contribution in [0, 0.1) is 10.1 Å². The number of ether oxygens (including phenoxy) is 1. The van der Waals surface area contributed by atoms with Crippen LogP contribution >= 0.6 is 0 Å². The molecule has 0 aliphatic carbocycles. The second-order valence-electron chi connectivity index (χ2n) is 3.78. The molecule has 0 saturated heterocycles. The standard InChI is InChI=1S/C10H13N3O3/c1-12-10(9(6-11-12)13(14)15)8-4-2-3-5-16-7-8/h3,5-6,8H,2,4,7H2,1H3. The van der Waals surface area contributed by atoms with Gasteiger partial charge in [-0.25, -0.2) is 0 Å². The van der Waals surface area contributed by atoms with Crippen molar-refractivity contribution >= 4 is 5.69 Å². The van der Waals surface area contributed by atoms with Crippen LogP contribution in [0.25, 0.3) is 0 Å². The summed E-state index contributed by atoms with van der Waals surface area (Å²) < 4.78 is 6.84. The molecule has 0 radical (unpaired) electrons. The molecule has 0 N–H and O–H groups in total. The lowest BCUT2D eigenvalue weighted by Gasteiger charge is -2.13. The Morgan fingerprint density at radius 1 is 1.69 bits per heavy atom. The molecule has 2 heterocycles. The molecule has 0 bridgehead atoms. The molecule has 6 heteroatoms. The van der Waals surface area contributed by atoms with Gasteiger partial charge in [0, 0.05) is 13.0 Å². The summed E-state index contributed by atoms with van der Waals surface area (Å²) in [5.74, 6) is 0.0305. The Morgan fingerprint density at radius 3 is 3.25 bits per heavy atom. The van der Waals surface area contributed by atoms with Crippen molar-refractivity contribution in [3.05, 3.63) is 34.3 Å². The summed E-state index contributed by atoms with van der Waals surface area (Å²) in [6, 6.07) is 0. The van der Waals surface area contributed by atoms with Gasteiger partial charge in [0.2, 0.25) is 0 Å². The average Bonchev–Trinajstić information content (AvgIpc) is 2.50. The maximum atomic E-state index is 10.9. The number of hydrogen-bond donors (Lipinski definition) is 0. The minimum Gasteiger partial charge on any atom is -0.501 e. The molecule has 1 aromatic heterocycles. The van der Waals surface area contributed by atoms with E-state index in [1.165, 1.54) is 6.20 Å². The summed E-state index contributed by atoms with van der Waals surface area (Å²) >= 11 is 0. The van der Waals surface area contributed by atoms with E-state index in [9.17, 15) is 10.1 Å². The van der Waals surface area contributed by atoms with E-state index in [0.717, 1.165) is 12.8 Å². The Balaban J connectivity index is 2.31. The molecular weight excluding hydrogens is 210 g/mol. The van der Waals surface area contributed by atoms with Gasteiger partial charge in [-0.05, 0) is 18.9 Å². The minimum absolute atomic E-state index is 0.0305. The summed E-state index contributed by atoms with van der Waals surface area (Å²) in [7, 11) is 1.72. The molecule has 0 spiro atoms. The lowest BCUT2D eigenvalue weighted by molar-refractivity contribution is -0.385. The smallest absolute Gasteiger partial charge is 0.310 e. The van der Waals surface area contributed by atoms with Gasteiger partial charge in [0.05, 0.1) is 17.8 Å². The summed E-state index contributed by atoms with van der Waals surface area (Å²) in [5, 5.41) is 14.8. The van der Waals surface area contributed by atoms with Crippen molar-refractivity contribution in [2.75, 3.05) is 6.61 Å². The van der Waals surface area contributed by atoms with Crippen LogP contribution in [0.3, 0.4) is 0 Å². The van der Waals surface area contributed by atoms with Crippen LogP contribution < -0.4 is 0 Å². The molecule has 1 aromatic rings. The van der Waals surface area contributed by atoms with E-state index in [2.05, 4.69) is 5.10 Å². The van der Waals surface area contributed by atoms with Crippen molar-refractivity contribution in [2.24, 2.45) is 7.05 Å². The molecule has 16 heavy (non-hydrogen) atoms. The number of aryl methyl sites for hydroxylation is 1. The van der Waals surface area contributed by atoms with Gasteiger partial charge >= 0.3 is 5.69 Å². The normalized spacial score (nSPS) is 20.2. The number of allylic oxidation sites excluding steroid dienone is 1. The zero-order valence-corrected chi connectivity index (χ0v) is 9.00. The Morgan fingerprint density at radius 2 is 2.50 bits per heavy atom. The van der Waals surface area contributed by atoms with E-state index >= 15 is 0 Å². The number of hydrogen-bond acceptors (Lipinski definition) is 4. The summed E-state index contributed by atoms with van der Waals surface area (Å²) in [4.78, 5) is 10.5. The minimum atomic E-state index is -0.388. The fourth-order valence-corrected chi connectivity index (χ4v) is 1.95. The van der Waals surface area contributed by atoms with Crippen LogP contribution in [0.4, 0.5) is 5.69 Å². The van der Waals surface area contributed by atoms with E-state index in [1.54, 1.807) is 18.0 Å². The van der Waals surface area contributed by atoms with Crippen molar-refractivity contribution in [1.29, 1.82) is 0 Å². The largest absolute Gasteiger partial charge is 0.501 e. The third-order valence-electron chi connectivity index (χ3n) is 2.72. The third-order valence-corrected chi connectivity index (χ3v) is 2.72. The molecular formula is C10H13N3O3. The molecule has 0 aromatic carbocycles. The lowest BCUT2D eigenvalue weighted by Crippen LogP contribution is -2.11. The van der Waals surface area contributed by atoms with Crippen LogP contribution in [0.5, 0.6) is 0 Å². The van der Waals surface area contributed by atoms with Gasteiger partial charge in [-0.1, -0.05) is 0 Å². The van der Waals surface area contributed by atoms with E-state index in [-0.39, 0.29) is 16.5 Å². The van der Waals surface area contributed by atoms with Crippen molar-refractivity contribution in [3.8, 4) is 0 Å². The fourth-order valence-electron chi connectivity index (χ4n) is 1.95. The number of aromatic nitrogens is 2. The fraction of sp³-hybridized carbons (Fsp3) is 0.500. The highest BCUT2D eigenvalue weighted by Gasteiger charge is 2.27. The Hall–Kier alpha value is -1.85. The molecule has 6 nitrogen and oxygen atoms in total. The van der Waals surface area contributed by atoms with Gasteiger partial charge in [-0.2, -0.15) is 5.10 Å². The van der Waals surface area contributed by atoms with Crippen molar-refractivity contribution in [2.45, 2.75) is 18.8 Å². The summed E-state index contributed by atoms with van der Waals surface area (Å²) in [6.07, 6.45) is 6.60. The summed E-state index contributed by atoms with van der Waals surface area (Å²) in [6.45, 7) is 0.469. The van der Waals surface area contributed by atoms with Crippen molar-refractivity contribution in [3.63, 3.8) is 0 Å². The Kier molecular flexibility index (Phi) is 2.89. The lowest BCUT2D eigenvalue weighted by atomic mass is 10.00. The first kappa shape index (κ1) is 10.7. The topological polar surface area (TPSA) is 70.2 Å². The van der Waals surface area contributed by atoms with Gasteiger partial charge in [0.25, 0.3) is 0 Å². The number of rotatable bonds is 2. The second kappa shape index (κ2) is 4.34. The SMILES string of the molecule is Cn1ncc([N+](=O)[O-])c1C1CCC=COC1. The first-order chi connectivity index (χ1) is 7.70. The molecule has 1 aliphatic heterocycles. The molecule has 0 saturated carbocycles. The molecule has 0 fully saturated rings. The maximum absolute atomic E-state index is 10.9. The average molecular weight is 223 g/mol. The highest BCUT2D eigenvalue weighted by atomic mass is 16.6. The van der Waals surface area contributed by atoms with Crippen LogP contribution in [-0.2, 0) is 11.8 Å². The van der Waals surface area contributed by atoms with E-state index in [1.807, 2.05) is 6.08 Å². The van der Waals surface area contributed by atoms with Crippen LogP contribution in [0.1, 0.15) is 24.5 Å². The van der Waals surface area contributed by atoms with Gasteiger partial charge in [0.1, 0.15) is 11.9 Å². The van der Waals surface area contributed by atoms with Crippen molar-refractivity contribution in [1.82, 2.24) is 9.78 Å². The summed E-state index contributed by atoms with van der Waals surface area (Å²) in [5.41, 5.74) is 0.728. The molecule has 2 rings (SSSR count). The zero-order chi connectivity index (χ0) is 11.5.